The van der Waals surface area contributed by atoms with E-state index in [1.165, 1.54) is 11.8 Å². The monoisotopic (exact) mass is 473 g/mol. The summed E-state index contributed by atoms with van der Waals surface area (Å²) >= 11 is 7.22. The molecule has 7 heteroatoms. The summed E-state index contributed by atoms with van der Waals surface area (Å²) in [6.07, 6.45) is 1.09. The molecule has 2 atom stereocenters. The summed E-state index contributed by atoms with van der Waals surface area (Å²) in [5.74, 6) is 1.04. The SMILES string of the molecule is O=C(CSC(=S)N1C[C@@H]2C[C@@H](C1)c1cccc(=O)n1C2)n1c2ccccc2c2ccccc21. The standard InChI is InChI=1S/C26H23N3O2S2/c30-24-11-5-10-21-18-12-17(14-28(21)24)13-27(15-18)26(32)33-16-25(31)29-22-8-3-1-6-19(22)20-7-2-4-9-23(20)29/h1-11,17-18H,12-16H2/t17-,18-/m0/s1. The van der Waals surface area contributed by atoms with Gasteiger partial charge in [-0.3, -0.25) is 14.2 Å². The number of pyridine rings is 1. The summed E-state index contributed by atoms with van der Waals surface area (Å²) in [6, 6.07) is 21.6. The molecule has 33 heavy (non-hydrogen) atoms. The molecule has 6 rings (SSSR count). The van der Waals surface area contributed by atoms with E-state index in [0.717, 1.165) is 57.9 Å². The van der Waals surface area contributed by atoms with Crippen LogP contribution in [0.5, 0.6) is 0 Å². The number of nitrogens with zero attached hydrogens (tertiary/aromatic N) is 3. The summed E-state index contributed by atoms with van der Waals surface area (Å²) in [7, 11) is 0. The maximum atomic E-state index is 13.3. The van der Waals surface area contributed by atoms with Gasteiger partial charge in [-0.25, -0.2) is 0 Å². The second-order valence-corrected chi connectivity index (χ2v) is 10.5. The average molecular weight is 474 g/mol. The fourth-order valence-corrected chi connectivity index (χ4v) is 6.55. The molecular weight excluding hydrogens is 450 g/mol. The number of aromatic nitrogens is 2. The van der Waals surface area contributed by atoms with Crippen molar-refractivity contribution in [2.24, 2.45) is 5.92 Å². The van der Waals surface area contributed by atoms with E-state index in [-0.39, 0.29) is 11.5 Å². The molecule has 1 saturated heterocycles. The molecule has 0 N–H and O–H groups in total. The molecule has 2 aromatic heterocycles. The zero-order valence-corrected chi connectivity index (χ0v) is 19.6. The zero-order chi connectivity index (χ0) is 22.5. The van der Waals surface area contributed by atoms with Crippen molar-refractivity contribution in [3.8, 4) is 0 Å². The molecule has 2 aliphatic rings. The van der Waals surface area contributed by atoms with Crippen molar-refractivity contribution in [1.82, 2.24) is 14.0 Å². The number of carbonyl (C=O) groups is 1. The Morgan fingerprint density at radius 3 is 2.33 bits per heavy atom. The lowest BCUT2D eigenvalue weighted by atomic mass is 9.83. The van der Waals surface area contributed by atoms with Crippen molar-refractivity contribution in [2.75, 3.05) is 18.8 Å². The van der Waals surface area contributed by atoms with Gasteiger partial charge in [-0.1, -0.05) is 66.4 Å². The molecule has 4 heterocycles. The molecule has 1 fully saturated rings. The summed E-state index contributed by atoms with van der Waals surface area (Å²) in [5, 5.41) is 2.18. The van der Waals surface area contributed by atoms with Crippen LogP contribution in [0.25, 0.3) is 21.8 Å². The molecular formula is C26H23N3O2S2. The molecule has 2 bridgehead atoms. The molecule has 5 nitrogen and oxygen atoms in total. The Hall–Kier alpha value is -2.90. The number of hydrogen-bond acceptors (Lipinski definition) is 4. The van der Waals surface area contributed by atoms with Gasteiger partial charge in [0.2, 0.25) is 5.91 Å². The van der Waals surface area contributed by atoms with Gasteiger partial charge in [-0.15, -0.1) is 0 Å². The molecule has 0 aliphatic carbocycles. The zero-order valence-electron chi connectivity index (χ0n) is 18.0. The third kappa shape index (κ3) is 3.50. The van der Waals surface area contributed by atoms with Crippen LogP contribution in [0.2, 0.25) is 0 Å². The normalized spacial score (nSPS) is 19.6. The number of fused-ring (bicyclic) bond motifs is 7. The number of carbonyl (C=O) groups excluding carboxylic acids is 1. The first-order valence-corrected chi connectivity index (χ1v) is 12.6. The van der Waals surface area contributed by atoms with Gasteiger partial charge in [-0.05, 0) is 30.5 Å². The smallest absolute Gasteiger partial charge is 0.250 e. The van der Waals surface area contributed by atoms with Crippen molar-refractivity contribution < 1.29 is 4.79 Å². The fourth-order valence-electron chi connectivity index (χ4n) is 5.52. The Labute approximate surface area is 201 Å². The molecule has 2 aliphatic heterocycles. The summed E-state index contributed by atoms with van der Waals surface area (Å²) in [5.41, 5.74) is 3.07. The van der Waals surface area contributed by atoms with E-state index in [4.69, 9.17) is 12.2 Å². The van der Waals surface area contributed by atoms with E-state index >= 15 is 0 Å². The number of thiocarbonyl (C=S) groups is 1. The Morgan fingerprint density at radius 1 is 0.909 bits per heavy atom. The number of hydrogen-bond donors (Lipinski definition) is 0. The number of benzene rings is 2. The van der Waals surface area contributed by atoms with Crippen molar-refractivity contribution in [2.45, 2.75) is 18.9 Å². The highest BCUT2D eigenvalue weighted by molar-refractivity contribution is 8.23. The molecule has 0 saturated carbocycles. The van der Waals surface area contributed by atoms with Crippen LogP contribution in [0, 0.1) is 5.92 Å². The van der Waals surface area contributed by atoms with Gasteiger partial charge in [0, 0.05) is 48.1 Å². The topological polar surface area (TPSA) is 47.2 Å². The van der Waals surface area contributed by atoms with E-state index < -0.39 is 0 Å². The van der Waals surface area contributed by atoms with Gasteiger partial charge < -0.3 is 9.47 Å². The largest absolute Gasteiger partial charge is 0.356 e. The van der Waals surface area contributed by atoms with Gasteiger partial charge in [0.25, 0.3) is 5.56 Å². The lowest BCUT2D eigenvalue weighted by Crippen LogP contribution is -2.48. The van der Waals surface area contributed by atoms with Crippen LogP contribution in [0.1, 0.15) is 22.8 Å². The van der Waals surface area contributed by atoms with Crippen LogP contribution in [0.3, 0.4) is 0 Å². The van der Waals surface area contributed by atoms with Gasteiger partial charge >= 0.3 is 0 Å². The van der Waals surface area contributed by atoms with Crippen LogP contribution < -0.4 is 5.56 Å². The Kier molecular flexibility index (Phi) is 5.11. The van der Waals surface area contributed by atoms with Gasteiger partial charge in [0.1, 0.15) is 4.32 Å². The number of likely N-dealkylation sites (tertiary alicyclic amines) is 1. The van der Waals surface area contributed by atoms with Gasteiger partial charge in [-0.2, -0.15) is 0 Å². The molecule has 0 amide bonds. The molecule has 2 aromatic carbocycles. The predicted octanol–water partition coefficient (Wildman–Crippen LogP) is 4.73. The molecule has 0 unspecified atom stereocenters. The second-order valence-electron chi connectivity index (χ2n) is 8.92. The highest BCUT2D eigenvalue weighted by Gasteiger charge is 2.35. The van der Waals surface area contributed by atoms with E-state index in [1.807, 2.05) is 51.6 Å². The maximum Gasteiger partial charge on any atom is 0.250 e. The van der Waals surface area contributed by atoms with Crippen LogP contribution in [0.15, 0.2) is 71.5 Å². The van der Waals surface area contributed by atoms with Crippen LogP contribution in [-0.4, -0.2) is 43.1 Å². The van der Waals surface area contributed by atoms with Crippen molar-refractivity contribution in [3.63, 3.8) is 0 Å². The first-order chi connectivity index (χ1) is 16.1. The third-order valence-electron chi connectivity index (χ3n) is 6.89. The van der Waals surface area contributed by atoms with Crippen molar-refractivity contribution >= 4 is 56.0 Å². The quantitative estimate of drug-likeness (QED) is 0.394. The Bertz CT molecular complexity index is 1420. The number of piperidine rings is 1. The summed E-state index contributed by atoms with van der Waals surface area (Å²) in [4.78, 5) is 27.8. The van der Waals surface area contributed by atoms with Crippen LogP contribution >= 0.6 is 24.0 Å². The van der Waals surface area contributed by atoms with E-state index in [1.54, 1.807) is 6.07 Å². The van der Waals surface area contributed by atoms with E-state index in [9.17, 15) is 9.59 Å². The number of rotatable bonds is 2. The fraction of sp³-hybridized carbons (Fsp3) is 0.269. The second kappa shape index (κ2) is 8.15. The number of para-hydroxylation sites is 2. The van der Waals surface area contributed by atoms with Crippen molar-refractivity contribution in [3.05, 3.63) is 82.8 Å². The van der Waals surface area contributed by atoms with Gasteiger partial charge in [0.15, 0.2) is 0 Å². The minimum Gasteiger partial charge on any atom is -0.356 e. The molecule has 166 valence electrons. The highest BCUT2D eigenvalue weighted by Crippen LogP contribution is 2.36. The molecule has 0 spiro atoms. The maximum absolute atomic E-state index is 13.3. The van der Waals surface area contributed by atoms with E-state index in [0.29, 0.717) is 17.6 Å². The van der Waals surface area contributed by atoms with Crippen molar-refractivity contribution in [1.29, 1.82) is 0 Å². The Balaban J connectivity index is 1.21. The average Bonchev–Trinajstić information content (AvgIpc) is 3.17. The minimum absolute atomic E-state index is 0.0360. The molecule has 0 radical (unpaired) electrons. The van der Waals surface area contributed by atoms with Crippen LogP contribution in [0.4, 0.5) is 0 Å². The summed E-state index contributed by atoms with van der Waals surface area (Å²) < 4.78 is 4.53. The van der Waals surface area contributed by atoms with Crippen LogP contribution in [-0.2, 0) is 6.54 Å². The molecule has 4 aromatic rings. The lowest BCUT2D eigenvalue weighted by molar-refractivity contribution is 0.0951. The summed E-state index contributed by atoms with van der Waals surface area (Å²) in [6.45, 7) is 2.39. The van der Waals surface area contributed by atoms with E-state index in [2.05, 4.69) is 23.1 Å². The number of thioether (sulfide) groups is 1. The third-order valence-corrected chi connectivity index (χ3v) is 8.39. The predicted molar refractivity (Wildman–Crippen MR) is 138 cm³/mol. The van der Waals surface area contributed by atoms with Gasteiger partial charge in [0.05, 0.1) is 16.8 Å². The Morgan fingerprint density at radius 2 is 1.61 bits per heavy atom. The lowest BCUT2D eigenvalue weighted by Gasteiger charge is -2.43. The highest BCUT2D eigenvalue weighted by atomic mass is 32.2. The first kappa shape index (κ1) is 20.7. The first-order valence-electron chi connectivity index (χ1n) is 11.2. The minimum atomic E-state index is 0.0360.